The number of nitrogens with one attached hydrogen (secondary N) is 3. The second-order valence-electron chi connectivity index (χ2n) is 8.32. The van der Waals surface area contributed by atoms with Crippen LogP contribution in [0.2, 0.25) is 0 Å². The van der Waals surface area contributed by atoms with Gasteiger partial charge in [-0.1, -0.05) is 20.8 Å². The van der Waals surface area contributed by atoms with Gasteiger partial charge in [-0.25, -0.2) is 4.79 Å². The molecule has 164 valence electrons. The molecule has 2 atom stereocenters. The molecule has 10 heteroatoms. The monoisotopic (exact) mass is 417 g/mol. The number of carbonyl (C=O) groups excluding carboxylic acids is 2. The zero-order valence-corrected chi connectivity index (χ0v) is 18.2. The first-order valence-corrected chi connectivity index (χ1v) is 10.2. The fraction of sp³-hybridized carbons (Fsp3) is 0.600. The number of carbonyl (C=O) groups is 2. The van der Waals surface area contributed by atoms with Crippen LogP contribution in [0.4, 0.5) is 10.6 Å². The van der Waals surface area contributed by atoms with Crippen LogP contribution in [0, 0.1) is 5.92 Å². The Hall–Kier alpha value is -2.88. The third-order valence-corrected chi connectivity index (χ3v) is 5.10. The van der Waals surface area contributed by atoms with E-state index in [1.54, 1.807) is 20.2 Å². The van der Waals surface area contributed by atoms with Crippen molar-refractivity contribution in [1.29, 1.82) is 0 Å². The van der Waals surface area contributed by atoms with Crippen molar-refractivity contribution in [3.05, 3.63) is 29.2 Å². The molecule has 0 bridgehead atoms. The van der Waals surface area contributed by atoms with Crippen LogP contribution < -0.4 is 10.6 Å². The minimum absolute atomic E-state index is 0.00230. The van der Waals surface area contributed by atoms with Crippen LogP contribution in [0.15, 0.2) is 12.1 Å². The van der Waals surface area contributed by atoms with Crippen LogP contribution in [-0.4, -0.2) is 63.1 Å². The number of hydrogen-bond acceptors (Lipinski definition) is 5. The summed E-state index contributed by atoms with van der Waals surface area (Å²) in [5.74, 6) is 0.756. The van der Waals surface area contributed by atoms with Crippen molar-refractivity contribution < 1.29 is 14.3 Å². The summed E-state index contributed by atoms with van der Waals surface area (Å²) in [6.07, 6.45) is 0.790. The minimum atomic E-state index is -0.287. The number of aryl methyl sites for hydroxylation is 1. The second kappa shape index (κ2) is 9.29. The van der Waals surface area contributed by atoms with E-state index in [0.717, 1.165) is 18.7 Å². The van der Waals surface area contributed by atoms with Crippen molar-refractivity contribution in [2.24, 2.45) is 13.0 Å². The summed E-state index contributed by atoms with van der Waals surface area (Å²) < 4.78 is 6.58. The van der Waals surface area contributed by atoms with Gasteiger partial charge < -0.3 is 20.3 Å². The summed E-state index contributed by atoms with van der Waals surface area (Å²) in [4.78, 5) is 26.5. The standard InChI is InChI=1S/C20H31N7O3/c1-12(2)9-27-10-14(21-20(27)29)6-13(3)16-8-18(24-23-16)22-19(28)17-7-15(11-30-5)25-26(17)4/h7-8,12-14H,6,9-11H2,1-5H3,(H,21,29)(H2,22,23,24,28)/t13-,14?/m1/s1. The van der Waals surface area contributed by atoms with Crippen molar-refractivity contribution in [3.8, 4) is 0 Å². The fourth-order valence-corrected chi connectivity index (χ4v) is 3.74. The van der Waals surface area contributed by atoms with Gasteiger partial charge in [0.15, 0.2) is 5.82 Å². The van der Waals surface area contributed by atoms with Crippen LogP contribution in [0.25, 0.3) is 0 Å². The number of anilines is 1. The van der Waals surface area contributed by atoms with Gasteiger partial charge in [0.05, 0.1) is 12.3 Å². The van der Waals surface area contributed by atoms with Crippen molar-refractivity contribution in [1.82, 2.24) is 30.2 Å². The van der Waals surface area contributed by atoms with Gasteiger partial charge in [-0.05, 0) is 24.3 Å². The number of nitrogens with zero attached hydrogens (tertiary/aromatic N) is 4. The topological polar surface area (TPSA) is 117 Å². The summed E-state index contributed by atoms with van der Waals surface area (Å²) in [6.45, 7) is 8.10. The Labute approximate surface area is 176 Å². The highest BCUT2D eigenvalue weighted by Gasteiger charge is 2.30. The van der Waals surface area contributed by atoms with Crippen molar-refractivity contribution >= 4 is 17.8 Å². The van der Waals surface area contributed by atoms with E-state index in [9.17, 15) is 9.59 Å². The molecule has 1 unspecified atom stereocenters. The molecule has 0 aliphatic carbocycles. The maximum absolute atomic E-state index is 12.6. The highest BCUT2D eigenvalue weighted by molar-refractivity contribution is 6.02. The molecule has 0 aromatic carbocycles. The molecular formula is C20H31N7O3. The summed E-state index contributed by atoms with van der Waals surface area (Å²) in [6, 6.07) is 3.63. The van der Waals surface area contributed by atoms with Crippen LogP contribution in [-0.2, 0) is 18.4 Å². The molecule has 0 radical (unpaired) electrons. The maximum Gasteiger partial charge on any atom is 0.317 e. The number of aromatic nitrogens is 4. The van der Waals surface area contributed by atoms with E-state index in [4.69, 9.17) is 4.74 Å². The van der Waals surface area contributed by atoms with Gasteiger partial charge in [0.25, 0.3) is 5.91 Å². The smallest absolute Gasteiger partial charge is 0.317 e. The molecule has 0 saturated carbocycles. The number of H-pyrrole nitrogens is 1. The van der Waals surface area contributed by atoms with Crippen LogP contribution in [0.3, 0.4) is 0 Å². The molecule has 3 N–H and O–H groups in total. The lowest BCUT2D eigenvalue weighted by atomic mass is 9.99. The minimum Gasteiger partial charge on any atom is -0.378 e. The number of methoxy groups -OCH3 is 1. The molecule has 3 heterocycles. The third-order valence-electron chi connectivity index (χ3n) is 5.10. The summed E-state index contributed by atoms with van der Waals surface area (Å²) in [7, 11) is 3.30. The zero-order valence-electron chi connectivity index (χ0n) is 18.2. The predicted octanol–water partition coefficient (Wildman–Crippen LogP) is 2.09. The molecule has 1 fully saturated rings. The van der Waals surface area contributed by atoms with E-state index in [-0.39, 0.29) is 23.9 Å². The van der Waals surface area contributed by atoms with Crippen molar-refractivity contribution in [2.45, 2.75) is 45.8 Å². The number of amides is 3. The number of hydrogen-bond donors (Lipinski definition) is 3. The molecule has 0 spiro atoms. The average Bonchev–Trinajstić information content (AvgIpc) is 3.35. The largest absolute Gasteiger partial charge is 0.378 e. The number of ether oxygens (including phenoxy) is 1. The van der Waals surface area contributed by atoms with Crippen LogP contribution in [0.5, 0.6) is 0 Å². The summed E-state index contributed by atoms with van der Waals surface area (Å²) in [5.41, 5.74) is 2.03. The van der Waals surface area contributed by atoms with E-state index in [1.807, 2.05) is 11.0 Å². The first-order valence-electron chi connectivity index (χ1n) is 10.2. The SMILES string of the molecule is COCc1cc(C(=O)Nc2cc([C@H](C)CC3CN(CC(C)C)C(=O)N3)[nH]n2)n(C)n1. The highest BCUT2D eigenvalue weighted by atomic mass is 16.5. The Bertz CT molecular complexity index is 889. The van der Waals surface area contributed by atoms with Gasteiger partial charge in [-0.2, -0.15) is 10.2 Å². The van der Waals surface area contributed by atoms with Crippen molar-refractivity contribution in [2.75, 3.05) is 25.5 Å². The fourth-order valence-electron chi connectivity index (χ4n) is 3.74. The first-order chi connectivity index (χ1) is 14.3. The Morgan fingerprint density at radius 3 is 2.83 bits per heavy atom. The summed E-state index contributed by atoms with van der Waals surface area (Å²) in [5, 5.41) is 17.3. The number of aromatic amines is 1. The first kappa shape index (κ1) is 21.8. The molecule has 3 rings (SSSR count). The van der Waals surface area contributed by atoms with Gasteiger partial charge in [0, 0.05) is 45.0 Å². The van der Waals surface area contributed by atoms with Crippen LogP contribution >= 0.6 is 0 Å². The van der Waals surface area contributed by atoms with E-state index in [2.05, 4.69) is 46.7 Å². The molecule has 1 saturated heterocycles. The lowest BCUT2D eigenvalue weighted by Gasteiger charge is -2.18. The third kappa shape index (κ3) is 5.18. The quantitative estimate of drug-likeness (QED) is 0.577. The highest BCUT2D eigenvalue weighted by Crippen LogP contribution is 2.23. The van der Waals surface area contributed by atoms with Gasteiger partial charge in [0.2, 0.25) is 0 Å². The maximum atomic E-state index is 12.6. The van der Waals surface area contributed by atoms with Gasteiger partial charge in [-0.3, -0.25) is 14.6 Å². The number of rotatable bonds is 9. The lowest BCUT2D eigenvalue weighted by Crippen LogP contribution is -2.31. The summed E-state index contributed by atoms with van der Waals surface area (Å²) >= 11 is 0. The average molecular weight is 418 g/mol. The molecule has 3 amide bonds. The Morgan fingerprint density at radius 2 is 2.13 bits per heavy atom. The van der Waals surface area contributed by atoms with Crippen LogP contribution in [0.1, 0.15) is 55.0 Å². The normalized spacial score (nSPS) is 17.5. The molecule has 1 aliphatic heterocycles. The predicted molar refractivity (Wildman–Crippen MR) is 112 cm³/mol. The van der Waals surface area contributed by atoms with Gasteiger partial charge in [-0.15, -0.1) is 0 Å². The molecular weight excluding hydrogens is 386 g/mol. The zero-order chi connectivity index (χ0) is 21.8. The molecule has 2 aromatic rings. The Morgan fingerprint density at radius 1 is 1.37 bits per heavy atom. The molecule has 2 aromatic heterocycles. The molecule has 10 nitrogen and oxygen atoms in total. The number of urea groups is 1. The molecule has 30 heavy (non-hydrogen) atoms. The van der Waals surface area contributed by atoms with E-state index >= 15 is 0 Å². The van der Waals surface area contributed by atoms with Crippen molar-refractivity contribution in [3.63, 3.8) is 0 Å². The Kier molecular flexibility index (Phi) is 6.76. The Balaban J connectivity index is 1.57. The van der Waals surface area contributed by atoms with Gasteiger partial charge in [0.1, 0.15) is 5.69 Å². The second-order valence-corrected chi connectivity index (χ2v) is 8.32. The van der Waals surface area contributed by atoms with Gasteiger partial charge >= 0.3 is 6.03 Å². The van der Waals surface area contributed by atoms with E-state index < -0.39 is 0 Å². The lowest BCUT2D eigenvalue weighted by molar-refractivity contribution is 0.101. The molecule has 1 aliphatic rings. The van der Waals surface area contributed by atoms with E-state index in [0.29, 0.717) is 36.3 Å². The van der Waals surface area contributed by atoms with E-state index in [1.165, 1.54) is 4.68 Å².